The van der Waals surface area contributed by atoms with Gasteiger partial charge in [-0.05, 0) is 26.5 Å². The van der Waals surface area contributed by atoms with Gasteiger partial charge >= 0.3 is 0 Å². The predicted molar refractivity (Wildman–Crippen MR) is 90.2 cm³/mol. The summed E-state index contributed by atoms with van der Waals surface area (Å²) in [5, 5.41) is 7.14. The molecule has 1 N–H and O–H groups in total. The maximum Gasteiger partial charge on any atom is 0.227 e. The fraction of sp³-hybridized carbons (Fsp3) is 0.444. The van der Waals surface area contributed by atoms with Crippen LogP contribution in [-0.2, 0) is 11.2 Å². The zero-order valence-electron chi connectivity index (χ0n) is 14.0. The predicted octanol–water partition coefficient (Wildman–Crippen LogP) is 2.08. The average Bonchev–Trinajstić information content (AvgIpc) is 2.88. The van der Waals surface area contributed by atoms with Crippen LogP contribution >= 0.6 is 0 Å². The molecule has 1 fully saturated rings. The summed E-state index contributed by atoms with van der Waals surface area (Å²) in [4.78, 5) is 17.0. The Morgan fingerprint density at radius 3 is 2.65 bits per heavy atom. The van der Waals surface area contributed by atoms with Crippen molar-refractivity contribution in [3.63, 3.8) is 0 Å². The Labute approximate surface area is 137 Å². The lowest BCUT2D eigenvalue weighted by atomic mass is 10.0. The van der Waals surface area contributed by atoms with Crippen LogP contribution in [0.15, 0.2) is 30.3 Å². The number of nitrogens with zero attached hydrogens (tertiary/aromatic N) is 3. The molecule has 0 aliphatic carbocycles. The first-order valence-corrected chi connectivity index (χ1v) is 8.09. The van der Waals surface area contributed by atoms with Crippen LogP contribution in [0.1, 0.15) is 28.6 Å². The SMILES string of the molecule is Cc1n[nH]c(C)c1CC(=O)N1CCN(C)C(c2ccccc2)C1. The van der Waals surface area contributed by atoms with Crippen molar-refractivity contribution in [3.8, 4) is 0 Å². The Bertz CT molecular complexity index is 660. The number of piperazine rings is 1. The summed E-state index contributed by atoms with van der Waals surface area (Å²) < 4.78 is 0. The third kappa shape index (κ3) is 3.29. The third-order valence-corrected chi connectivity index (χ3v) is 4.79. The van der Waals surface area contributed by atoms with Crippen LogP contribution in [0.2, 0.25) is 0 Å². The number of carbonyl (C=O) groups is 1. The van der Waals surface area contributed by atoms with Gasteiger partial charge in [-0.2, -0.15) is 5.10 Å². The summed E-state index contributed by atoms with van der Waals surface area (Å²) in [5.74, 6) is 0.187. The van der Waals surface area contributed by atoms with Crippen LogP contribution in [-0.4, -0.2) is 52.6 Å². The van der Waals surface area contributed by atoms with Gasteiger partial charge in [0.1, 0.15) is 0 Å². The van der Waals surface area contributed by atoms with Gasteiger partial charge in [-0.3, -0.25) is 14.8 Å². The van der Waals surface area contributed by atoms with Crippen LogP contribution in [0.25, 0.3) is 0 Å². The molecule has 3 rings (SSSR count). The van der Waals surface area contributed by atoms with Crippen molar-refractivity contribution in [2.45, 2.75) is 26.3 Å². The van der Waals surface area contributed by atoms with E-state index in [0.29, 0.717) is 6.42 Å². The first kappa shape index (κ1) is 15.7. The maximum atomic E-state index is 12.7. The van der Waals surface area contributed by atoms with Gasteiger partial charge in [0, 0.05) is 30.9 Å². The number of nitrogens with one attached hydrogen (secondary N) is 1. The lowest BCUT2D eigenvalue weighted by Crippen LogP contribution is -2.49. The molecule has 122 valence electrons. The molecule has 1 aliphatic heterocycles. The summed E-state index contributed by atoms with van der Waals surface area (Å²) >= 11 is 0. The van der Waals surface area contributed by atoms with E-state index in [-0.39, 0.29) is 11.9 Å². The van der Waals surface area contributed by atoms with E-state index in [9.17, 15) is 4.79 Å². The fourth-order valence-electron chi connectivity index (χ4n) is 3.23. The van der Waals surface area contributed by atoms with Crippen molar-refractivity contribution in [3.05, 3.63) is 52.8 Å². The minimum atomic E-state index is 0.187. The van der Waals surface area contributed by atoms with E-state index in [1.54, 1.807) is 0 Å². The molecule has 1 saturated heterocycles. The standard InChI is InChI=1S/C18H24N4O/c1-13-16(14(2)20-19-13)11-18(23)22-10-9-21(3)17(12-22)15-7-5-4-6-8-15/h4-8,17H,9-12H2,1-3H3,(H,19,20). The van der Waals surface area contributed by atoms with Gasteiger partial charge < -0.3 is 4.90 Å². The van der Waals surface area contributed by atoms with Crippen LogP contribution < -0.4 is 0 Å². The highest BCUT2D eigenvalue weighted by molar-refractivity contribution is 5.79. The third-order valence-electron chi connectivity index (χ3n) is 4.79. The highest BCUT2D eigenvalue weighted by Crippen LogP contribution is 2.24. The van der Waals surface area contributed by atoms with E-state index < -0.39 is 0 Å². The number of aromatic amines is 1. The van der Waals surface area contributed by atoms with Gasteiger partial charge in [-0.15, -0.1) is 0 Å². The number of aryl methyl sites for hydroxylation is 2. The largest absolute Gasteiger partial charge is 0.339 e. The topological polar surface area (TPSA) is 52.2 Å². The number of hydrogen-bond acceptors (Lipinski definition) is 3. The second kappa shape index (κ2) is 6.54. The van der Waals surface area contributed by atoms with Crippen LogP contribution in [0.5, 0.6) is 0 Å². The zero-order valence-corrected chi connectivity index (χ0v) is 14.0. The zero-order chi connectivity index (χ0) is 16.4. The first-order chi connectivity index (χ1) is 11.1. The molecule has 2 heterocycles. The van der Waals surface area contributed by atoms with E-state index in [1.807, 2.05) is 24.8 Å². The summed E-state index contributed by atoms with van der Waals surface area (Å²) in [6.45, 7) is 6.35. The highest BCUT2D eigenvalue weighted by Gasteiger charge is 2.28. The Morgan fingerprint density at radius 1 is 1.26 bits per heavy atom. The van der Waals surface area contributed by atoms with Crippen LogP contribution in [0.3, 0.4) is 0 Å². The number of aromatic nitrogens is 2. The average molecular weight is 312 g/mol. The minimum absolute atomic E-state index is 0.187. The normalized spacial score (nSPS) is 19.1. The molecule has 1 atom stereocenters. The highest BCUT2D eigenvalue weighted by atomic mass is 16.2. The molecular weight excluding hydrogens is 288 g/mol. The van der Waals surface area contributed by atoms with Gasteiger partial charge in [-0.1, -0.05) is 30.3 Å². The summed E-state index contributed by atoms with van der Waals surface area (Å²) in [7, 11) is 2.13. The molecular formula is C18H24N4O. The van der Waals surface area contributed by atoms with E-state index in [4.69, 9.17) is 0 Å². The lowest BCUT2D eigenvalue weighted by Gasteiger charge is -2.39. The molecule has 23 heavy (non-hydrogen) atoms. The Hall–Kier alpha value is -2.14. The molecule has 0 saturated carbocycles. The summed E-state index contributed by atoms with van der Waals surface area (Å²) in [6.07, 6.45) is 0.430. The molecule has 2 aromatic rings. The number of benzene rings is 1. The Kier molecular flexibility index (Phi) is 4.48. The van der Waals surface area contributed by atoms with Crippen molar-refractivity contribution < 1.29 is 4.79 Å². The van der Waals surface area contributed by atoms with Gasteiger partial charge in [0.05, 0.1) is 18.2 Å². The Morgan fingerprint density at radius 2 is 2.00 bits per heavy atom. The molecule has 1 aromatic heterocycles. The van der Waals surface area contributed by atoms with Crippen molar-refractivity contribution in [1.29, 1.82) is 0 Å². The lowest BCUT2D eigenvalue weighted by molar-refractivity contribution is -0.133. The number of amides is 1. The Balaban J connectivity index is 1.72. The van der Waals surface area contributed by atoms with Crippen LogP contribution in [0, 0.1) is 13.8 Å². The molecule has 0 spiro atoms. The van der Waals surface area contributed by atoms with Crippen molar-refractivity contribution in [1.82, 2.24) is 20.0 Å². The number of H-pyrrole nitrogens is 1. The molecule has 5 heteroatoms. The quantitative estimate of drug-likeness (QED) is 0.944. The molecule has 0 bridgehead atoms. The molecule has 0 radical (unpaired) electrons. The molecule has 1 aliphatic rings. The molecule has 1 aromatic carbocycles. The molecule has 5 nitrogen and oxygen atoms in total. The second-order valence-corrected chi connectivity index (χ2v) is 6.34. The monoisotopic (exact) mass is 312 g/mol. The van der Waals surface area contributed by atoms with Gasteiger partial charge in [0.25, 0.3) is 0 Å². The summed E-state index contributed by atoms with van der Waals surface area (Å²) in [6, 6.07) is 10.7. The number of likely N-dealkylation sites (N-methyl/N-ethyl adjacent to an activating group) is 1. The van der Waals surface area contributed by atoms with Crippen molar-refractivity contribution in [2.75, 3.05) is 26.7 Å². The van der Waals surface area contributed by atoms with E-state index in [2.05, 4.69) is 46.4 Å². The smallest absolute Gasteiger partial charge is 0.227 e. The van der Waals surface area contributed by atoms with E-state index >= 15 is 0 Å². The van der Waals surface area contributed by atoms with Crippen molar-refractivity contribution >= 4 is 5.91 Å². The van der Waals surface area contributed by atoms with E-state index in [1.165, 1.54) is 5.56 Å². The number of rotatable bonds is 3. The number of carbonyl (C=O) groups excluding carboxylic acids is 1. The van der Waals surface area contributed by atoms with E-state index in [0.717, 1.165) is 36.6 Å². The molecule has 1 amide bonds. The first-order valence-electron chi connectivity index (χ1n) is 8.09. The van der Waals surface area contributed by atoms with Gasteiger partial charge in [0.15, 0.2) is 0 Å². The van der Waals surface area contributed by atoms with Crippen molar-refractivity contribution in [2.24, 2.45) is 0 Å². The molecule has 1 unspecified atom stereocenters. The maximum absolute atomic E-state index is 12.7. The van der Waals surface area contributed by atoms with Gasteiger partial charge in [-0.25, -0.2) is 0 Å². The van der Waals surface area contributed by atoms with Gasteiger partial charge in [0.2, 0.25) is 5.91 Å². The minimum Gasteiger partial charge on any atom is -0.339 e. The summed E-state index contributed by atoms with van der Waals surface area (Å²) in [5.41, 5.74) is 4.21. The van der Waals surface area contributed by atoms with Crippen LogP contribution in [0.4, 0.5) is 0 Å². The number of hydrogen-bond donors (Lipinski definition) is 1. The fourth-order valence-corrected chi connectivity index (χ4v) is 3.23. The second-order valence-electron chi connectivity index (χ2n) is 6.34.